The fourth-order valence-corrected chi connectivity index (χ4v) is 5.11. The van der Waals surface area contributed by atoms with Crippen molar-refractivity contribution in [1.29, 1.82) is 0 Å². The fourth-order valence-electron chi connectivity index (χ4n) is 4.99. The van der Waals surface area contributed by atoms with Crippen LogP contribution in [0.3, 0.4) is 0 Å². The predicted octanol–water partition coefficient (Wildman–Crippen LogP) is 6.91. The summed E-state index contributed by atoms with van der Waals surface area (Å²) in [7, 11) is 0. The van der Waals surface area contributed by atoms with Crippen LogP contribution in [0.5, 0.6) is 0 Å². The maximum Gasteiger partial charge on any atom is 0.311 e. The van der Waals surface area contributed by atoms with Gasteiger partial charge in [-0.05, 0) is 61.6 Å². The summed E-state index contributed by atoms with van der Waals surface area (Å²) in [4.78, 5) is 38.7. The Kier molecular flexibility index (Phi) is 7.44. The number of ether oxygens (including phenoxy) is 1. The van der Waals surface area contributed by atoms with Crippen LogP contribution >= 0.6 is 11.6 Å². The lowest BCUT2D eigenvalue weighted by Crippen LogP contribution is -2.31. The van der Waals surface area contributed by atoms with Crippen molar-refractivity contribution in [2.45, 2.75) is 64.2 Å². The molecule has 172 valence electrons. The molecule has 1 fully saturated rings. The number of carbonyl (C=O) groups is 3. The monoisotopic (exact) mass is 464 g/mol. The number of hydrogen-bond donors (Lipinski definition) is 0. The van der Waals surface area contributed by atoms with Crippen LogP contribution in [0.15, 0.2) is 54.1 Å². The average molecular weight is 465 g/mol. The molecule has 2 aliphatic carbocycles. The lowest BCUT2D eigenvalue weighted by molar-refractivity contribution is -0.136. The van der Waals surface area contributed by atoms with Crippen molar-refractivity contribution in [3.05, 3.63) is 75.8 Å². The molecule has 0 aromatic heterocycles. The summed E-state index contributed by atoms with van der Waals surface area (Å²) in [5.41, 5.74) is 2.50. The van der Waals surface area contributed by atoms with Gasteiger partial charge in [-0.1, -0.05) is 67.8 Å². The second-order valence-electron chi connectivity index (χ2n) is 8.98. The van der Waals surface area contributed by atoms with Crippen molar-refractivity contribution in [3.63, 3.8) is 0 Å². The van der Waals surface area contributed by atoms with E-state index in [0.717, 1.165) is 44.9 Å². The smallest absolute Gasteiger partial charge is 0.311 e. The first-order chi connectivity index (χ1) is 16.0. The van der Waals surface area contributed by atoms with Crippen LogP contribution in [0.2, 0.25) is 5.02 Å². The van der Waals surface area contributed by atoms with E-state index in [2.05, 4.69) is 19.1 Å². The Balaban J connectivity index is 1.61. The van der Waals surface area contributed by atoms with Crippen LogP contribution in [-0.4, -0.2) is 17.5 Å². The third-order valence-electron chi connectivity index (χ3n) is 6.79. The molecule has 0 aliphatic heterocycles. The fraction of sp³-hybridized carbons (Fsp3) is 0.393. The van der Waals surface area contributed by atoms with Gasteiger partial charge in [0.05, 0.1) is 5.57 Å². The topological polar surface area (TPSA) is 60.4 Å². The molecule has 1 saturated carbocycles. The Morgan fingerprint density at radius 2 is 1.52 bits per heavy atom. The molecule has 2 aromatic rings. The average Bonchev–Trinajstić information content (AvgIpc) is 2.83. The minimum Gasteiger partial charge on any atom is -0.425 e. The Morgan fingerprint density at radius 1 is 0.879 bits per heavy atom. The van der Waals surface area contributed by atoms with Gasteiger partial charge in [-0.2, -0.15) is 0 Å². The predicted molar refractivity (Wildman–Crippen MR) is 129 cm³/mol. The van der Waals surface area contributed by atoms with Gasteiger partial charge in [0.15, 0.2) is 0 Å². The van der Waals surface area contributed by atoms with Gasteiger partial charge < -0.3 is 4.74 Å². The van der Waals surface area contributed by atoms with Gasteiger partial charge in [0.1, 0.15) is 5.76 Å². The van der Waals surface area contributed by atoms with Crippen molar-refractivity contribution in [2.75, 3.05) is 0 Å². The summed E-state index contributed by atoms with van der Waals surface area (Å²) in [5.74, 6) is -0.793. The van der Waals surface area contributed by atoms with E-state index >= 15 is 0 Å². The molecule has 0 heterocycles. The van der Waals surface area contributed by atoms with E-state index in [1.807, 2.05) is 18.2 Å². The molecule has 0 atom stereocenters. The molecular weight excluding hydrogens is 436 g/mol. The van der Waals surface area contributed by atoms with Gasteiger partial charge in [-0.3, -0.25) is 14.4 Å². The second-order valence-corrected chi connectivity index (χ2v) is 9.41. The molecule has 4 nitrogen and oxygen atoms in total. The Morgan fingerprint density at radius 3 is 2.18 bits per heavy atom. The molecular formula is C28H29ClO4. The zero-order valence-electron chi connectivity index (χ0n) is 18.9. The quantitative estimate of drug-likeness (QED) is 0.253. The van der Waals surface area contributed by atoms with Gasteiger partial charge in [-0.25, -0.2) is 0 Å². The zero-order chi connectivity index (χ0) is 23.4. The molecule has 0 N–H and O–H groups in total. The van der Waals surface area contributed by atoms with E-state index in [1.54, 1.807) is 18.2 Å². The van der Waals surface area contributed by atoms with E-state index in [0.29, 0.717) is 39.8 Å². The summed E-state index contributed by atoms with van der Waals surface area (Å²) in [6.07, 6.45) is 6.34. The number of ketones is 2. The number of Topliss-reactive ketones (excluding diaryl/α,β-unsaturated/α-hetero) is 2. The number of fused-ring (bicyclic) bond motifs is 1. The zero-order valence-corrected chi connectivity index (χ0v) is 19.7. The van der Waals surface area contributed by atoms with Crippen LogP contribution in [0.25, 0.3) is 5.76 Å². The van der Waals surface area contributed by atoms with E-state index < -0.39 is 11.6 Å². The van der Waals surface area contributed by atoms with Crippen molar-refractivity contribution in [2.24, 2.45) is 5.92 Å². The highest BCUT2D eigenvalue weighted by Gasteiger charge is 2.39. The van der Waals surface area contributed by atoms with Crippen LogP contribution < -0.4 is 0 Å². The summed E-state index contributed by atoms with van der Waals surface area (Å²) >= 11 is 6.03. The molecule has 5 heteroatoms. The number of carbonyl (C=O) groups excluding carboxylic acids is 3. The molecule has 0 spiro atoms. The van der Waals surface area contributed by atoms with Crippen LogP contribution in [0.4, 0.5) is 0 Å². The highest BCUT2D eigenvalue weighted by molar-refractivity contribution is 6.52. The number of rotatable bonds is 7. The number of benzene rings is 2. The third kappa shape index (κ3) is 5.11. The maximum absolute atomic E-state index is 13.2. The van der Waals surface area contributed by atoms with E-state index in [-0.39, 0.29) is 11.9 Å². The summed E-state index contributed by atoms with van der Waals surface area (Å²) in [6.45, 7) is 2.08. The van der Waals surface area contributed by atoms with Crippen molar-refractivity contribution < 1.29 is 19.1 Å². The lowest BCUT2D eigenvalue weighted by Gasteiger charge is -2.32. The molecule has 2 aromatic carbocycles. The second kappa shape index (κ2) is 10.5. The number of unbranched alkanes of at least 4 members (excludes halogenated alkanes) is 2. The molecule has 0 bridgehead atoms. The van der Waals surface area contributed by atoms with Crippen LogP contribution in [0.1, 0.15) is 85.7 Å². The first kappa shape index (κ1) is 23.4. The number of allylic oxidation sites excluding steroid dienone is 1. The summed E-state index contributed by atoms with van der Waals surface area (Å²) in [6, 6.07) is 14.9. The minimum atomic E-state index is -0.528. The Bertz CT molecular complexity index is 1080. The van der Waals surface area contributed by atoms with Gasteiger partial charge in [0, 0.05) is 22.6 Å². The van der Waals surface area contributed by atoms with Gasteiger partial charge in [-0.15, -0.1) is 0 Å². The van der Waals surface area contributed by atoms with Crippen LogP contribution in [0, 0.1) is 5.92 Å². The molecule has 0 unspecified atom stereocenters. The molecule has 0 radical (unpaired) electrons. The normalized spacial score (nSPS) is 20.5. The van der Waals surface area contributed by atoms with Gasteiger partial charge >= 0.3 is 5.97 Å². The molecule has 2 aliphatic rings. The lowest BCUT2D eigenvalue weighted by atomic mass is 9.72. The van der Waals surface area contributed by atoms with Crippen molar-refractivity contribution >= 4 is 34.9 Å². The van der Waals surface area contributed by atoms with E-state index in [1.165, 1.54) is 5.56 Å². The van der Waals surface area contributed by atoms with Crippen molar-refractivity contribution in [3.8, 4) is 0 Å². The molecule has 0 saturated heterocycles. The molecule has 0 amide bonds. The minimum absolute atomic E-state index is 0.100. The SMILES string of the molecule is CCCCCC(=O)OC1=C(C2CCC(c3ccc(Cl)cc3)CC2)C(=O)C(=O)c2ccccc21. The first-order valence-corrected chi connectivity index (χ1v) is 12.3. The number of halogens is 1. The number of hydrogen-bond acceptors (Lipinski definition) is 4. The Labute approximate surface area is 200 Å². The van der Waals surface area contributed by atoms with Gasteiger partial charge in [0.25, 0.3) is 0 Å². The third-order valence-corrected chi connectivity index (χ3v) is 7.04. The Hall–Kier alpha value is -2.72. The first-order valence-electron chi connectivity index (χ1n) is 11.9. The summed E-state index contributed by atoms with van der Waals surface area (Å²) < 4.78 is 5.83. The van der Waals surface area contributed by atoms with E-state index in [4.69, 9.17) is 16.3 Å². The maximum atomic E-state index is 13.2. The number of esters is 1. The van der Waals surface area contributed by atoms with Gasteiger partial charge in [0.2, 0.25) is 11.6 Å². The largest absolute Gasteiger partial charge is 0.425 e. The standard InChI is InChI=1S/C28H29ClO4/c1-2-3-4-9-24(30)33-28-23-8-6-5-7-22(23)26(31)27(32)25(28)20-12-10-18(11-13-20)19-14-16-21(29)17-15-19/h5-8,14-18,20H,2-4,9-13H2,1H3. The summed E-state index contributed by atoms with van der Waals surface area (Å²) in [5, 5.41) is 0.716. The highest BCUT2D eigenvalue weighted by Crippen LogP contribution is 2.43. The molecule has 4 rings (SSSR count). The van der Waals surface area contributed by atoms with Crippen molar-refractivity contribution in [1.82, 2.24) is 0 Å². The van der Waals surface area contributed by atoms with Crippen LogP contribution in [-0.2, 0) is 14.3 Å². The molecule has 33 heavy (non-hydrogen) atoms. The van der Waals surface area contributed by atoms with E-state index in [9.17, 15) is 14.4 Å². The highest BCUT2D eigenvalue weighted by atomic mass is 35.5.